The Morgan fingerprint density at radius 1 is 0.792 bits per heavy atom. The summed E-state index contributed by atoms with van der Waals surface area (Å²) in [5.74, 6) is -1.84. The molecular formula is C34H35N5O9. The maximum absolute atomic E-state index is 12.8. The van der Waals surface area contributed by atoms with Crippen LogP contribution in [0.5, 0.6) is 17.2 Å². The van der Waals surface area contributed by atoms with E-state index in [-0.39, 0.29) is 41.3 Å². The van der Waals surface area contributed by atoms with Gasteiger partial charge < -0.3 is 24.3 Å². The lowest BCUT2D eigenvalue weighted by Crippen LogP contribution is -2.50. The average Bonchev–Trinajstić information content (AvgIpc) is 3.42. The van der Waals surface area contributed by atoms with Crippen LogP contribution in [0.4, 0.5) is 10.5 Å². The second-order valence-electron chi connectivity index (χ2n) is 11.2. The number of nitrogens with one attached hydrogen (secondary N) is 2. The summed E-state index contributed by atoms with van der Waals surface area (Å²) in [4.78, 5) is 66.4. The number of rotatable bonds is 10. The first-order valence-electron chi connectivity index (χ1n) is 15.2. The van der Waals surface area contributed by atoms with Gasteiger partial charge in [-0.25, -0.2) is 4.79 Å². The lowest BCUT2D eigenvalue weighted by molar-refractivity contribution is -0.137. The Morgan fingerprint density at radius 3 is 2.00 bits per heavy atom. The number of hydrogen-bond donors (Lipinski definition) is 2. The zero-order valence-corrected chi connectivity index (χ0v) is 26.5. The number of cyclic esters (lactones) is 1. The molecule has 5 rings (SSSR count). The molecule has 0 aliphatic carbocycles. The van der Waals surface area contributed by atoms with Crippen molar-refractivity contribution >= 4 is 41.4 Å². The Morgan fingerprint density at radius 2 is 1.35 bits per heavy atom. The van der Waals surface area contributed by atoms with Crippen molar-refractivity contribution in [3.05, 3.63) is 83.9 Å². The van der Waals surface area contributed by atoms with Crippen molar-refractivity contribution in [1.82, 2.24) is 15.1 Å². The number of piperazine rings is 1. The van der Waals surface area contributed by atoms with E-state index < -0.39 is 29.9 Å². The van der Waals surface area contributed by atoms with E-state index in [0.717, 1.165) is 0 Å². The van der Waals surface area contributed by atoms with E-state index in [2.05, 4.69) is 10.2 Å². The Hall–Kier alpha value is -5.60. The van der Waals surface area contributed by atoms with Crippen LogP contribution >= 0.6 is 0 Å². The molecule has 2 aliphatic rings. The van der Waals surface area contributed by atoms with Gasteiger partial charge in [0.2, 0.25) is 0 Å². The van der Waals surface area contributed by atoms with Gasteiger partial charge in [0.25, 0.3) is 5.91 Å². The summed E-state index contributed by atoms with van der Waals surface area (Å²) in [6.07, 6.45) is -0.838. The first-order valence-corrected chi connectivity index (χ1v) is 15.2. The Bertz CT molecular complexity index is 1700. The highest BCUT2D eigenvalue weighted by Crippen LogP contribution is 2.27. The van der Waals surface area contributed by atoms with E-state index in [1.54, 1.807) is 60.7 Å². The van der Waals surface area contributed by atoms with Crippen molar-refractivity contribution in [3.63, 3.8) is 0 Å². The minimum atomic E-state index is -0.602. The summed E-state index contributed by atoms with van der Waals surface area (Å²) in [5.41, 5.74) is 1.11. The summed E-state index contributed by atoms with van der Waals surface area (Å²) >= 11 is 0. The molecule has 48 heavy (non-hydrogen) atoms. The topological polar surface area (TPSA) is 168 Å². The smallest absolute Gasteiger partial charge is 0.414 e. The minimum absolute atomic E-state index is 0.0765. The Balaban J connectivity index is 1.07. The maximum atomic E-state index is 12.8. The van der Waals surface area contributed by atoms with Gasteiger partial charge in [-0.1, -0.05) is 24.3 Å². The van der Waals surface area contributed by atoms with Crippen molar-refractivity contribution in [2.45, 2.75) is 20.0 Å². The predicted octanol–water partition coefficient (Wildman–Crippen LogP) is 2.84. The third-order valence-electron chi connectivity index (χ3n) is 7.57. The van der Waals surface area contributed by atoms with E-state index in [4.69, 9.17) is 24.4 Å². The number of hydrogen-bond acceptors (Lipinski definition) is 12. The van der Waals surface area contributed by atoms with Crippen molar-refractivity contribution < 1.29 is 42.9 Å². The molecule has 0 aromatic heterocycles. The number of nitrogens with zero attached hydrogens (tertiary/aromatic N) is 3. The predicted molar refractivity (Wildman–Crippen MR) is 172 cm³/mol. The highest BCUT2D eigenvalue weighted by Gasteiger charge is 2.34. The van der Waals surface area contributed by atoms with Crippen LogP contribution in [0.25, 0.3) is 0 Å². The van der Waals surface area contributed by atoms with E-state index in [1.165, 1.54) is 30.9 Å². The SMILES string of the molecule is CC(=O)Oc1ccccc1OC(=O)CN1CCN(CC2CN(c3ccc(C(=N)NC(=O)c4ccccc4OC(C)=O)cc3)C(=O)O2)CC1. The molecule has 2 heterocycles. The number of ether oxygens (including phenoxy) is 4. The van der Waals surface area contributed by atoms with Gasteiger partial charge in [0.15, 0.2) is 11.5 Å². The summed E-state index contributed by atoms with van der Waals surface area (Å²) in [7, 11) is 0. The molecule has 2 aliphatic heterocycles. The zero-order chi connectivity index (χ0) is 34.2. The fraction of sp³-hybridized carbons (Fsp3) is 0.294. The first-order chi connectivity index (χ1) is 23.0. The van der Waals surface area contributed by atoms with Crippen LogP contribution in [-0.2, 0) is 19.1 Å². The molecule has 1 atom stereocenters. The number of esters is 3. The second-order valence-corrected chi connectivity index (χ2v) is 11.2. The molecule has 0 saturated carbocycles. The van der Waals surface area contributed by atoms with Crippen molar-refractivity contribution in [3.8, 4) is 17.2 Å². The van der Waals surface area contributed by atoms with Gasteiger partial charge in [-0.05, 0) is 48.5 Å². The average molecular weight is 658 g/mol. The molecule has 2 saturated heterocycles. The van der Waals surface area contributed by atoms with Crippen LogP contribution in [0.15, 0.2) is 72.8 Å². The number of anilines is 1. The van der Waals surface area contributed by atoms with Crippen LogP contribution in [0.3, 0.4) is 0 Å². The van der Waals surface area contributed by atoms with E-state index in [9.17, 15) is 24.0 Å². The zero-order valence-electron chi connectivity index (χ0n) is 26.5. The first kappa shape index (κ1) is 33.8. The van der Waals surface area contributed by atoms with Gasteiger partial charge in [0.05, 0.1) is 18.7 Å². The number of benzene rings is 3. The van der Waals surface area contributed by atoms with Crippen molar-refractivity contribution in [2.75, 3.05) is 50.7 Å². The third kappa shape index (κ3) is 8.80. The van der Waals surface area contributed by atoms with Crippen LogP contribution in [0, 0.1) is 5.41 Å². The summed E-state index contributed by atoms with van der Waals surface area (Å²) in [6.45, 7) is 6.02. The molecule has 2 amide bonds. The maximum Gasteiger partial charge on any atom is 0.414 e. The summed E-state index contributed by atoms with van der Waals surface area (Å²) in [5, 5.41) is 10.9. The number of amidine groups is 1. The van der Waals surface area contributed by atoms with Gasteiger partial charge in [-0.15, -0.1) is 0 Å². The third-order valence-corrected chi connectivity index (χ3v) is 7.57. The summed E-state index contributed by atoms with van der Waals surface area (Å²) < 4.78 is 21.3. The standard InChI is InChI=1S/C34H35N5O9/c1-22(40)45-28-8-4-3-7-27(28)33(43)36-32(35)24-11-13-25(14-12-24)39-20-26(47-34(39)44)19-37-15-17-38(18-16-37)21-31(42)48-30-10-6-5-9-29(30)46-23(2)41/h3-14,26H,15-21H2,1-2H3,(H2,35,36,43). The normalized spacial score (nSPS) is 16.5. The second kappa shape index (κ2) is 15.3. The van der Waals surface area contributed by atoms with E-state index in [0.29, 0.717) is 50.5 Å². The highest BCUT2D eigenvalue weighted by molar-refractivity contribution is 6.12. The highest BCUT2D eigenvalue weighted by atomic mass is 16.6. The Labute approximate surface area is 276 Å². The van der Waals surface area contributed by atoms with E-state index in [1.807, 2.05) is 4.90 Å². The number of carbonyl (C=O) groups is 5. The largest absolute Gasteiger partial charge is 0.443 e. The van der Waals surface area contributed by atoms with Crippen LogP contribution in [-0.4, -0.2) is 97.5 Å². The molecule has 3 aromatic carbocycles. The van der Waals surface area contributed by atoms with Crippen LogP contribution in [0.1, 0.15) is 29.8 Å². The lowest BCUT2D eigenvalue weighted by atomic mass is 10.1. The minimum Gasteiger partial charge on any atom is -0.443 e. The molecular weight excluding hydrogens is 622 g/mol. The number of para-hydroxylation sites is 3. The molecule has 250 valence electrons. The molecule has 3 aromatic rings. The van der Waals surface area contributed by atoms with Gasteiger partial charge in [0.1, 0.15) is 17.7 Å². The van der Waals surface area contributed by atoms with Crippen molar-refractivity contribution in [2.24, 2.45) is 0 Å². The molecule has 14 nitrogen and oxygen atoms in total. The van der Waals surface area contributed by atoms with Crippen LogP contribution < -0.4 is 24.4 Å². The molecule has 0 radical (unpaired) electrons. The monoisotopic (exact) mass is 657 g/mol. The molecule has 1 unspecified atom stereocenters. The van der Waals surface area contributed by atoms with Crippen LogP contribution in [0.2, 0.25) is 0 Å². The fourth-order valence-corrected chi connectivity index (χ4v) is 5.32. The van der Waals surface area contributed by atoms with Crippen molar-refractivity contribution in [1.29, 1.82) is 5.41 Å². The van der Waals surface area contributed by atoms with Gasteiger partial charge in [0, 0.05) is 57.8 Å². The molecule has 14 heteroatoms. The molecule has 0 spiro atoms. The summed E-state index contributed by atoms with van der Waals surface area (Å²) in [6, 6.07) is 19.3. The number of amides is 2. The molecule has 2 fully saturated rings. The lowest BCUT2D eigenvalue weighted by Gasteiger charge is -2.34. The van der Waals surface area contributed by atoms with Gasteiger partial charge in [-0.2, -0.15) is 0 Å². The Kier molecular flexibility index (Phi) is 10.8. The fourth-order valence-electron chi connectivity index (χ4n) is 5.32. The quantitative estimate of drug-likeness (QED) is 0.142. The number of carbonyl (C=O) groups excluding carboxylic acids is 5. The van der Waals surface area contributed by atoms with Gasteiger partial charge >= 0.3 is 24.0 Å². The van der Waals surface area contributed by atoms with Gasteiger partial charge in [-0.3, -0.25) is 39.3 Å². The molecule has 2 N–H and O–H groups in total. The van der Waals surface area contributed by atoms with E-state index >= 15 is 0 Å². The molecule has 0 bridgehead atoms.